The molecule has 0 aliphatic heterocycles. The summed E-state index contributed by atoms with van der Waals surface area (Å²) in [7, 11) is 0. The van der Waals surface area contributed by atoms with Gasteiger partial charge in [0.1, 0.15) is 0 Å². The van der Waals surface area contributed by atoms with Gasteiger partial charge in [0.25, 0.3) is 0 Å². The first kappa shape index (κ1) is 30.3. The van der Waals surface area contributed by atoms with Gasteiger partial charge in [-0.2, -0.15) is 0 Å². The Morgan fingerprint density at radius 1 is 0.415 bits per heavy atom. The Bertz CT molecular complexity index is 2830. The fraction of sp³-hybridized carbons (Fsp3) is 0.0980. The Hall–Kier alpha value is -6.38. The molecule has 2 aliphatic rings. The molecule has 53 heavy (non-hydrogen) atoms. The van der Waals surface area contributed by atoms with E-state index in [9.17, 15) is 0 Å². The second-order valence-corrected chi connectivity index (χ2v) is 14.9. The number of fused-ring (bicyclic) bond motifs is 9. The van der Waals surface area contributed by atoms with E-state index in [1.807, 2.05) is 0 Å². The summed E-state index contributed by atoms with van der Waals surface area (Å²) in [6.07, 6.45) is 4.97. The van der Waals surface area contributed by atoms with E-state index in [1.165, 1.54) is 103 Å². The lowest BCUT2D eigenvalue weighted by Crippen LogP contribution is -2.21. The van der Waals surface area contributed by atoms with Crippen LogP contribution in [0, 0.1) is 0 Å². The summed E-state index contributed by atoms with van der Waals surface area (Å²) in [5, 5.41) is 5.06. The van der Waals surface area contributed by atoms with Gasteiger partial charge < -0.3 is 9.47 Å². The molecule has 0 saturated heterocycles. The van der Waals surface area contributed by atoms with E-state index in [2.05, 4.69) is 191 Å². The van der Waals surface area contributed by atoms with Crippen molar-refractivity contribution in [2.75, 3.05) is 4.90 Å². The number of aromatic nitrogens is 1. The molecule has 1 aromatic heterocycles. The van der Waals surface area contributed by atoms with E-state index in [-0.39, 0.29) is 5.41 Å². The number of hydrogen-bond donors (Lipinski definition) is 0. The zero-order valence-corrected chi connectivity index (χ0v) is 29.5. The minimum absolute atomic E-state index is 0.0928. The van der Waals surface area contributed by atoms with Crippen LogP contribution in [0.2, 0.25) is 0 Å². The molecule has 0 N–H and O–H groups in total. The quantitative estimate of drug-likeness (QED) is 0.176. The van der Waals surface area contributed by atoms with E-state index in [1.54, 1.807) is 0 Å². The highest BCUT2D eigenvalue weighted by Crippen LogP contribution is 2.58. The fourth-order valence-corrected chi connectivity index (χ4v) is 9.77. The minimum Gasteiger partial charge on any atom is -0.310 e. The molecule has 0 unspecified atom stereocenters. The van der Waals surface area contributed by atoms with Gasteiger partial charge in [0.15, 0.2) is 0 Å². The van der Waals surface area contributed by atoms with Crippen LogP contribution in [-0.2, 0) is 5.41 Å². The number of hydrogen-bond acceptors (Lipinski definition) is 1. The van der Waals surface area contributed by atoms with Crippen LogP contribution in [0.15, 0.2) is 182 Å². The number of benzene rings is 8. The number of nitrogens with zero attached hydrogens (tertiary/aromatic N) is 2. The maximum atomic E-state index is 2.52. The normalized spacial score (nSPS) is 14.3. The van der Waals surface area contributed by atoms with Gasteiger partial charge in [-0.15, -0.1) is 0 Å². The highest BCUT2D eigenvalue weighted by Gasteiger charge is 2.45. The molecule has 2 aliphatic carbocycles. The monoisotopic (exact) mass is 678 g/mol. The van der Waals surface area contributed by atoms with Crippen molar-refractivity contribution in [2.24, 2.45) is 0 Å². The SMILES string of the molecule is c1ccc(-n2c3ccccc3c3ccc(N(c4ccc(-c5cccc6ccccc56)cc4)c4ccc5c(c4)C4(CCCC4)c4ccccc4-5)cc32)cc1. The number of anilines is 3. The first-order valence-electron chi connectivity index (χ1n) is 19.0. The summed E-state index contributed by atoms with van der Waals surface area (Å²) >= 11 is 0. The van der Waals surface area contributed by atoms with Crippen molar-refractivity contribution in [1.82, 2.24) is 4.57 Å². The van der Waals surface area contributed by atoms with Crippen molar-refractivity contribution in [3.05, 3.63) is 193 Å². The van der Waals surface area contributed by atoms with Crippen LogP contribution in [0.1, 0.15) is 36.8 Å². The van der Waals surface area contributed by atoms with Crippen molar-refractivity contribution in [3.8, 4) is 27.9 Å². The van der Waals surface area contributed by atoms with Crippen molar-refractivity contribution in [3.63, 3.8) is 0 Å². The second kappa shape index (κ2) is 11.8. The van der Waals surface area contributed by atoms with Crippen molar-refractivity contribution < 1.29 is 0 Å². The predicted octanol–water partition coefficient (Wildman–Crippen LogP) is 13.9. The molecule has 2 heteroatoms. The topological polar surface area (TPSA) is 8.17 Å². The highest BCUT2D eigenvalue weighted by molar-refractivity contribution is 6.10. The standard InChI is InChI=1S/C51H38N2/c1-2-15-37(16-3-1)53-49-22-9-7-19-45(49)46-30-28-40(34-50(46)53)52(38-25-23-36(24-26-38)42-20-12-14-35-13-4-5-17-41(35)42)39-27-29-44-43-18-6-8-21-47(43)51(48(44)33-39)31-10-11-32-51/h1-9,12-30,33-34H,10-11,31-32H2. The summed E-state index contributed by atoms with van der Waals surface area (Å²) in [5.41, 5.74) is 15.5. The van der Waals surface area contributed by atoms with E-state index in [4.69, 9.17) is 0 Å². The first-order valence-corrected chi connectivity index (χ1v) is 19.0. The molecule has 0 amide bonds. The molecular formula is C51H38N2. The predicted molar refractivity (Wildman–Crippen MR) is 223 cm³/mol. The van der Waals surface area contributed by atoms with Crippen molar-refractivity contribution in [1.29, 1.82) is 0 Å². The van der Waals surface area contributed by atoms with Crippen LogP contribution in [0.3, 0.4) is 0 Å². The Kier molecular flexibility index (Phi) is 6.76. The molecule has 1 saturated carbocycles. The van der Waals surface area contributed by atoms with E-state index in [0.29, 0.717) is 0 Å². The summed E-state index contributed by atoms with van der Waals surface area (Å²) < 4.78 is 2.42. The van der Waals surface area contributed by atoms with Crippen LogP contribution in [0.5, 0.6) is 0 Å². The van der Waals surface area contributed by atoms with Gasteiger partial charge in [-0.3, -0.25) is 0 Å². The van der Waals surface area contributed by atoms with Crippen LogP contribution >= 0.6 is 0 Å². The van der Waals surface area contributed by atoms with E-state index < -0.39 is 0 Å². The third kappa shape index (κ3) is 4.58. The van der Waals surface area contributed by atoms with Crippen molar-refractivity contribution in [2.45, 2.75) is 31.1 Å². The Labute approximate surface area is 310 Å². The van der Waals surface area contributed by atoms with E-state index in [0.717, 1.165) is 11.4 Å². The molecule has 252 valence electrons. The van der Waals surface area contributed by atoms with Gasteiger partial charge in [0, 0.05) is 38.9 Å². The molecule has 0 radical (unpaired) electrons. The Balaban J connectivity index is 1.12. The average Bonchev–Trinajstić information content (AvgIpc) is 3.92. The van der Waals surface area contributed by atoms with Gasteiger partial charge in [-0.05, 0) is 112 Å². The van der Waals surface area contributed by atoms with E-state index >= 15 is 0 Å². The lowest BCUT2D eigenvalue weighted by Gasteiger charge is -2.30. The molecule has 0 bridgehead atoms. The number of para-hydroxylation sites is 2. The summed E-state index contributed by atoms with van der Waals surface area (Å²) in [4.78, 5) is 2.48. The van der Waals surface area contributed by atoms with Crippen LogP contribution < -0.4 is 4.90 Å². The summed E-state index contributed by atoms with van der Waals surface area (Å²) in [6.45, 7) is 0. The molecule has 1 fully saturated rings. The minimum atomic E-state index is 0.0928. The average molecular weight is 679 g/mol. The summed E-state index contributed by atoms with van der Waals surface area (Å²) in [6, 6.07) is 67.5. The lowest BCUT2D eigenvalue weighted by atomic mass is 9.76. The maximum Gasteiger partial charge on any atom is 0.0561 e. The Morgan fingerprint density at radius 3 is 1.91 bits per heavy atom. The smallest absolute Gasteiger partial charge is 0.0561 e. The molecule has 1 spiro atoms. The zero-order chi connectivity index (χ0) is 34.9. The zero-order valence-electron chi connectivity index (χ0n) is 29.5. The van der Waals surface area contributed by atoms with Gasteiger partial charge in [-0.25, -0.2) is 0 Å². The largest absolute Gasteiger partial charge is 0.310 e. The van der Waals surface area contributed by atoms with Gasteiger partial charge in [-0.1, -0.05) is 140 Å². The molecule has 8 aromatic carbocycles. The van der Waals surface area contributed by atoms with Crippen LogP contribution in [0.25, 0.3) is 60.5 Å². The van der Waals surface area contributed by atoms with Gasteiger partial charge in [0.05, 0.1) is 11.0 Å². The molecule has 0 atom stereocenters. The second-order valence-electron chi connectivity index (χ2n) is 14.9. The third-order valence-electron chi connectivity index (χ3n) is 12.1. The number of rotatable bonds is 5. The molecule has 1 heterocycles. The first-order chi connectivity index (χ1) is 26.3. The molecule has 2 nitrogen and oxygen atoms in total. The van der Waals surface area contributed by atoms with Crippen LogP contribution in [-0.4, -0.2) is 4.57 Å². The maximum absolute atomic E-state index is 2.52. The Morgan fingerprint density at radius 2 is 1.04 bits per heavy atom. The third-order valence-corrected chi connectivity index (χ3v) is 12.1. The fourth-order valence-electron chi connectivity index (χ4n) is 9.77. The summed E-state index contributed by atoms with van der Waals surface area (Å²) in [5.74, 6) is 0. The lowest BCUT2D eigenvalue weighted by molar-refractivity contribution is 0.550. The van der Waals surface area contributed by atoms with Crippen molar-refractivity contribution >= 4 is 49.6 Å². The highest BCUT2D eigenvalue weighted by atomic mass is 15.1. The molecule has 11 rings (SSSR count). The molecular weight excluding hydrogens is 641 g/mol. The van der Waals surface area contributed by atoms with Gasteiger partial charge in [0.2, 0.25) is 0 Å². The van der Waals surface area contributed by atoms with Crippen LogP contribution in [0.4, 0.5) is 17.1 Å². The van der Waals surface area contributed by atoms with Gasteiger partial charge >= 0.3 is 0 Å². The molecule has 9 aromatic rings.